The highest BCUT2D eigenvalue weighted by Gasteiger charge is 2.22. The van der Waals surface area contributed by atoms with E-state index in [-0.39, 0.29) is 11.6 Å². The summed E-state index contributed by atoms with van der Waals surface area (Å²) in [6.45, 7) is 1.20. The SMILES string of the molecule is NC1=NCC2=C(NCC=C2)C1=O. The lowest BCUT2D eigenvalue weighted by atomic mass is 10.0. The minimum absolute atomic E-state index is 0.108. The smallest absolute Gasteiger partial charge is 0.243 e. The lowest BCUT2D eigenvalue weighted by molar-refractivity contribution is -0.110. The van der Waals surface area contributed by atoms with E-state index in [2.05, 4.69) is 10.3 Å². The number of nitrogens with one attached hydrogen (secondary N) is 1. The topological polar surface area (TPSA) is 67.5 Å². The molecular weight excluding hydrogens is 154 g/mol. The monoisotopic (exact) mass is 163 g/mol. The van der Waals surface area contributed by atoms with Gasteiger partial charge >= 0.3 is 0 Å². The summed E-state index contributed by atoms with van der Waals surface area (Å²) in [5.41, 5.74) is 6.93. The van der Waals surface area contributed by atoms with Gasteiger partial charge in [-0.05, 0) is 0 Å². The number of nitrogens with two attached hydrogens (primary N) is 1. The molecule has 2 aliphatic heterocycles. The molecule has 0 aromatic heterocycles. The van der Waals surface area contributed by atoms with Crippen LogP contribution in [0.25, 0.3) is 0 Å². The predicted octanol–water partition coefficient (Wildman–Crippen LogP) is -0.660. The molecule has 0 unspecified atom stereocenters. The predicted molar refractivity (Wildman–Crippen MR) is 45.7 cm³/mol. The number of carbonyl (C=O) groups is 1. The van der Waals surface area contributed by atoms with E-state index in [4.69, 9.17) is 5.73 Å². The van der Waals surface area contributed by atoms with Gasteiger partial charge in [-0.25, -0.2) is 0 Å². The molecule has 3 N–H and O–H groups in total. The van der Waals surface area contributed by atoms with Crippen LogP contribution in [0.3, 0.4) is 0 Å². The molecule has 0 aromatic carbocycles. The Morgan fingerprint density at radius 1 is 1.58 bits per heavy atom. The van der Waals surface area contributed by atoms with Gasteiger partial charge in [-0.3, -0.25) is 9.79 Å². The van der Waals surface area contributed by atoms with Gasteiger partial charge < -0.3 is 11.1 Å². The van der Waals surface area contributed by atoms with Crippen molar-refractivity contribution < 1.29 is 4.79 Å². The van der Waals surface area contributed by atoms with Gasteiger partial charge in [-0.2, -0.15) is 0 Å². The molecule has 12 heavy (non-hydrogen) atoms. The fraction of sp³-hybridized carbons (Fsp3) is 0.250. The fourth-order valence-electron chi connectivity index (χ4n) is 1.29. The highest BCUT2D eigenvalue weighted by atomic mass is 16.1. The first-order chi connectivity index (χ1) is 5.79. The molecular formula is C8H9N3O. The molecule has 0 aliphatic carbocycles. The van der Waals surface area contributed by atoms with Gasteiger partial charge in [0.15, 0.2) is 5.84 Å². The van der Waals surface area contributed by atoms with Gasteiger partial charge in [0.2, 0.25) is 5.78 Å². The lowest BCUT2D eigenvalue weighted by Crippen LogP contribution is -2.37. The van der Waals surface area contributed by atoms with E-state index in [0.717, 1.165) is 5.57 Å². The van der Waals surface area contributed by atoms with E-state index in [9.17, 15) is 4.79 Å². The quantitative estimate of drug-likeness (QED) is 0.498. The highest BCUT2D eigenvalue weighted by molar-refractivity contribution is 6.45. The molecule has 0 amide bonds. The second-order valence-corrected chi connectivity index (χ2v) is 2.71. The summed E-state index contributed by atoms with van der Waals surface area (Å²) >= 11 is 0. The average molecular weight is 163 g/mol. The van der Waals surface area contributed by atoms with E-state index in [1.807, 2.05) is 12.2 Å². The molecule has 4 nitrogen and oxygen atoms in total. The van der Waals surface area contributed by atoms with Crippen LogP contribution in [0.15, 0.2) is 28.4 Å². The van der Waals surface area contributed by atoms with Crippen LogP contribution in [0, 0.1) is 0 Å². The molecule has 2 aliphatic rings. The Hall–Kier alpha value is -1.58. The third kappa shape index (κ3) is 0.922. The third-order valence-corrected chi connectivity index (χ3v) is 1.92. The summed E-state index contributed by atoms with van der Waals surface area (Å²) in [6, 6.07) is 0. The maximum absolute atomic E-state index is 11.3. The maximum Gasteiger partial charge on any atom is 0.243 e. The van der Waals surface area contributed by atoms with Crippen LogP contribution in [0.2, 0.25) is 0 Å². The van der Waals surface area contributed by atoms with Crippen LogP contribution in [0.1, 0.15) is 0 Å². The molecule has 0 saturated carbocycles. The minimum Gasteiger partial charge on any atom is -0.381 e. The molecule has 0 atom stereocenters. The Balaban J connectivity index is 2.39. The van der Waals surface area contributed by atoms with Crippen molar-refractivity contribution in [3.63, 3.8) is 0 Å². The number of hydrogen-bond acceptors (Lipinski definition) is 4. The van der Waals surface area contributed by atoms with E-state index >= 15 is 0 Å². The number of hydrogen-bond donors (Lipinski definition) is 2. The first kappa shape index (κ1) is 7.09. The van der Waals surface area contributed by atoms with Gasteiger partial charge in [0, 0.05) is 12.1 Å². The van der Waals surface area contributed by atoms with Gasteiger partial charge in [0.25, 0.3) is 0 Å². The number of dihydropyridines is 2. The summed E-state index contributed by atoms with van der Waals surface area (Å²) in [7, 11) is 0. The molecule has 0 saturated heterocycles. The average Bonchev–Trinajstić information content (AvgIpc) is 2.12. The van der Waals surface area contributed by atoms with Crippen molar-refractivity contribution in [3.05, 3.63) is 23.4 Å². The molecule has 2 heterocycles. The Morgan fingerprint density at radius 3 is 3.25 bits per heavy atom. The summed E-state index contributed by atoms with van der Waals surface area (Å²) in [4.78, 5) is 15.2. The number of amidine groups is 1. The Bertz CT molecular complexity index is 325. The van der Waals surface area contributed by atoms with E-state index < -0.39 is 0 Å². The zero-order chi connectivity index (χ0) is 8.55. The standard InChI is InChI=1S/C8H9N3O/c9-8-7(12)6-5(4-11-8)2-1-3-10-6/h1-2,10H,3-4H2,(H2,9,11). The van der Waals surface area contributed by atoms with Crippen molar-refractivity contribution in [1.29, 1.82) is 0 Å². The molecule has 0 bridgehead atoms. The van der Waals surface area contributed by atoms with Gasteiger partial charge in [0.1, 0.15) is 0 Å². The van der Waals surface area contributed by atoms with Crippen molar-refractivity contribution in [1.82, 2.24) is 5.32 Å². The van der Waals surface area contributed by atoms with Crippen molar-refractivity contribution in [2.24, 2.45) is 10.7 Å². The van der Waals surface area contributed by atoms with Crippen LogP contribution in [-0.2, 0) is 4.79 Å². The van der Waals surface area contributed by atoms with E-state index in [0.29, 0.717) is 18.8 Å². The second-order valence-electron chi connectivity index (χ2n) is 2.71. The molecule has 4 heteroatoms. The zero-order valence-electron chi connectivity index (χ0n) is 6.50. The number of ketones is 1. The van der Waals surface area contributed by atoms with Crippen molar-refractivity contribution in [2.75, 3.05) is 13.1 Å². The largest absolute Gasteiger partial charge is 0.381 e. The molecule has 0 aromatic rings. The van der Waals surface area contributed by atoms with Gasteiger partial charge in [0.05, 0.1) is 12.2 Å². The lowest BCUT2D eigenvalue weighted by Gasteiger charge is -2.19. The summed E-state index contributed by atoms with van der Waals surface area (Å²) in [6.07, 6.45) is 3.88. The Kier molecular flexibility index (Phi) is 1.46. The van der Waals surface area contributed by atoms with Gasteiger partial charge in [-0.1, -0.05) is 12.2 Å². The Morgan fingerprint density at radius 2 is 2.42 bits per heavy atom. The van der Waals surface area contributed by atoms with Crippen LogP contribution in [-0.4, -0.2) is 24.7 Å². The van der Waals surface area contributed by atoms with Crippen molar-refractivity contribution in [3.8, 4) is 0 Å². The normalized spacial score (nSPS) is 21.7. The molecule has 2 rings (SSSR count). The van der Waals surface area contributed by atoms with Crippen LogP contribution in [0.4, 0.5) is 0 Å². The van der Waals surface area contributed by atoms with Crippen LogP contribution in [0.5, 0.6) is 0 Å². The van der Waals surface area contributed by atoms with Crippen LogP contribution < -0.4 is 11.1 Å². The second kappa shape index (κ2) is 2.48. The van der Waals surface area contributed by atoms with E-state index in [1.165, 1.54) is 0 Å². The molecule has 62 valence electrons. The summed E-state index contributed by atoms with van der Waals surface area (Å²) in [5.74, 6) is -0.0721. The summed E-state index contributed by atoms with van der Waals surface area (Å²) in [5, 5.41) is 2.98. The van der Waals surface area contributed by atoms with E-state index in [1.54, 1.807) is 0 Å². The minimum atomic E-state index is -0.180. The number of rotatable bonds is 0. The molecule has 0 radical (unpaired) electrons. The third-order valence-electron chi connectivity index (χ3n) is 1.92. The fourth-order valence-corrected chi connectivity index (χ4v) is 1.29. The number of nitrogens with zero attached hydrogens (tertiary/aromatic N) is 1. The summed E-state index contributed by atoms with van der Waals surface area (Å²) < 4.78 is 0. The first-order valence-corrected chi connectivity index (χ1v) is 3.77. The number of carbonyl (C=O) groups excluding carboxylic acids is 1. The van der Waals surface area contributed by atoms with Crippen molar-refractivity contribution >= 4 is 11.6 Å². The molecule has 0 fully saturated rings. The van der Waals surface area contributed by atoms with Gasteiger partial charge in [-0.15, -0.1) is 0 Å². The Labute approximate surface area is 69.8 Å². The highest BCUT2D eigenvalue weighted by Crippen LogP contribution is 2.13. The number of Topliss-reactive ketones (excluding diaryl/α,β-unsaturated/α-hetero) is 1. The number of aliphatic imine (C=N–C) groups is 1. The zero-order valence-corrected chi connectivity index (χ0v) is 6.50. The van der Waals surface area contributed by atoms with Crippen LogP contribution >= 0.6 is 0 Å². The maximum atomic E-state index is 11.3. The van der Waals surface area contributed by atoms with Crippen molar-refractivity contribution in [2.45, 2.75) is 0 Å². The first-order valence-electron chi connectivity index (χ1n) is 3.77. The molecule has 0 spiro atoms.